The monoisotopic (exact) mass is 349 g/mol. The normalized spacial score (nSPS) is 22.2. The van der Waals surface area contributed by atoms with Crippen LogP contribution in [-0.2, 0) is 4.74 Å². The summed E-state index contributed by atoms with van der Waals surface area (Å²) in [5.41, 5.74) is 1.17. The highest BCUT2D eigenvalue weighted by Gasteiger charge is 2.24. The van der Waals surface area contributed by atoms with Gasteiger partial charge in [-0.25, -0.2) is 4.98 Å². The number of carbonyl (C=O) groups excluding carboxylic acids is 1. The molecule has 3 rings (SSSR count). The Labute approximate surface area is 131 Å². The van der Waals surface area contributed by atoms with Crippen molar-refractivity contribution < 1.29 is 9.53 Å². The average Bonchev–Trinajstić information content (AvgIpc) is 2.50. The molecule has 0 spiro atoms. The van der Waals surface area contributed by atoms with E-state index in [1.165, 1.54) is 0 Å². The average molecular weight is 350 g/mol. The highest BCUT2D eigenvalue weighted by atomic mass is 79.9. The van der Waals surface area contributed by atoms with E-state index in [1.54, 1.807) is 18.5 Å². The van der Waals surface area contributed by atoms with E-state index in [-0.39, 0.29) is 11.9 Å². The molecule has 2 aromatic rings. The molecule has 0 aromatic carbocycles. The van der Waals surface area contributed by atoms with E-state index >= 15 is 0 Å². The van der Waals surface area contributed by atoms with Gasteiger partial charge in [-0.2, -0.15) is 0 Å². The van der Waals surface area contributed by atoms with Gasteiger partial charge in [0, 0.05) is 30.4 Å². The summed E-state index contributed by atoms with van der Waals surface area (Å²) in [4.78, 5) is 20.9. The highest BCUT2D eigenvalue weighted by Crippen LogP contribution is 2.21. The molecule has 1 aliphatic heterocycles. The molecule has 110 valence electrons. The van der Waals surface area contributed by atoms with E-state index in [1.807, 2.05) is 6.07 Å². The smallest absolute Gasteiger partial charge is 0.270 e. The molecule has 2 aromatic heterocycles. The fraction of sp³-hybridized carbons (Fsp3) is 0.400. The first kappa shape index (κ1) is 14.4. The predicted octanol–water partition coefficient (Wildman–Crippen LogP) is 2.55. The van der Waals surface area contributed by atoms with Crippen molar-refractivity contribution in [3.05, 3.63) is 34.7 Å². The molecule has 2 atom stereocenters. The first-order chi connectivity index (χ1) is 10.1. The molecule has 5 nitrogen and oxygen atoms in total. The summed E-state index contributed by atoms with van der Waals surface area (Å²) >= 11 is 3.41. The Morgan fingerprint density at radius 3 is 3.10 bits per heavy atom. The number of ether oxygens (including phenoxy) is 1. The highest BCUT2D eigenvalue weighted by molar-refractivity contribution is 9.10. The van der Waals surface area contributed by atoms with Crippen LogP contribution in [0, 0.1) is 5.92 Å². The van der Waals surface area contributed by atoms with E-state index in [2.05, 4.69) is 38.1 Å². The summed E-state index contributed by atoms with van der Waals surface area (Å²) in [7, 11) is 0. The third-order valence-electron chi connectivity index (χ3n) is 3.74. The number of nitrogens with one attached hydrogen (secondary N) is 1. The van der Waals surface area contributed by atoms with Crippen molar-refractivity contribution in [1.29, 1.82) is 0 Å². The summed E-state index contributed by atoms with van der Waals surface area (Å²) in [6.07, 6.45) is 4.25. The molecule has 6 heteroatoms. The molecule has 1 saturated heterocycles. The molecule has 3 heterocycles. The maximum Gasteiger partial charge on any atom is 0.270 e. The maximum atomic E-state index is 12.4. The van der Waals surface area contributed by atoms with E-state index in [9.17, 15) is 4.79 Å². The molecular formula is C15H16BrN3O2. The van der Waals surface area contributed by atoms with Crippen molar-refractivity contribution in [1.82, 2.24) is 15.3 Å². The van der Waals surface area contributed by atoms with Crippen molar-refractivity contribution in [3.8, 4) is 0 Å². The summed E-state index contributed by atoms with van der Waals surface area (Å²) < 4.78 is 6.18. The second kappa shape index (κ2) is 6.07. The lowest BCUT2D eigenvalue weighted by Crippen LogP contribution is -2.44. The Morgan fingerprint density at radius 1 is 1.43 bits per heavy atom. The Kier molecular flexibility index (Phi) is 4.17. The van der Waals surface area contributed by atoms with E-state index in [0.717, 1.165) is 21.8 Å². The lowest BCUT2D eigenvalue weighted by atomic mass is 9.98. The molecule has 0 saturated carbocycles. The van der Waals surface area contributed by atoms with Crippen LogP contribution in [0.5, 0.6) is 0 Å². The number of hydrogen-bond donors (Lipinski definition) is 1. The van der Waals surface area contributed by atoms with Crippen LogP contribution in [0.2, 0.25) is 0 Å². The maximum absolute atomic E-state index is 12.4. The number of aromatic nitrogens is 2. The first-order valence-corrected chi connectivity index (χ1v) is 7.73. The molecule has 2 unspecified atom stereocenters. The molecule has 0 radical (unpaired) electrons. The first-order valence-electron chi connectivity index (χ1n) is 6.94. The predicted molar refractivity (Wildman–Crippen MR) is 83.1 cm³/mol. The topological polar surface area (TPSA) is 64.1 Å². The zero-order valence-electron chi connectivity index (χ0n) is 11.7. The third kappa shape index (κ3) is 3.06. The van der Waals surface area contributed by atoms with E-state index in [0.29, 0.717) is 24.8 Å². The quantitative estimate of drug-likeness (QED) is 0.904. The van der Waals surface area contributed by atoms with Gasteiger partial charge in [0.05, 0.1) is 16.6 Å². The van der Waals surface area contributed by atoms with Crippen LogP contribution < -0.4 is 5.32 Å². The minimum absolute atomic E-state index is 0.139. The Bertz CT molecular complexity index is 677. The molecule has 1 aliphatic rings. The third-order valence-corrected chi connectivity index (χ3v) is 4.32. The number of rotatable bonds is 2. The lowest BCUT2D eigenvalue weighted by molar-refractivity contribution is 0.0374. The number of pyridine rings is 2. The molecule has 1 fully saturated rings. The van der Waals surface area contributed by atoms with Gasteiger partial charge in [-0.3, -0.25) is 9.78 Å². The van der Waals surface area contributed by atoms with Crippen LogP contribution in [0.25, 0.3) is 10.9 Å². The number of nitrogens with zero attached hydrogens (tertiary/aromatic N) is 2. The standard InChI is InChI=1S/C15H16BrN3O2/c1-9-8-21-5-4-12(9)19-15(20)13-3-2-10-6-17-7-11(16)14(10)18-13/h2-3,6-7,9,12H,4-5,8H2,1H3,(H,19,20). The van der Waals surface area contributed by atoms with Gasteiger partial charge in [-0.15, -0.1) is 0 Å². The largest absolute Gasteiger partial charge is 0.381 e. The fourth-order valence-electron chi connectivity index (χ4n) is 2.47. The van der Waals surface area contributed by atoms with Crippen LogP contribution in [0.3, 0.4) is 0 Å². The summed E-state index contributed by atoms with van der Waals surface area (Å²) in [5, 5.41) is 3.96. The van der Waals surface area contributed by atoms with Gasteiger partial charge in [0.25, 0.3) is 5.91 Å². The van der Waals surface area contributed by atoms with E-state index in [4.69, 9.17) is 4.74 Å². The molecular weight excluding hydrogens is 334 g/mol. The van der Waals surface area contributed by atoms with Gasteiger partial charge >= 0.3 is 0 Å². The fourth-order valence-corrected chi connectivity index (χ4v) is 2.91. The minimum Gasteiger partial charge on any atom is -0.381 e. The van der Waals surface area contributed by atoms with Gasteiger partial charge in [-0.1, -0.05) is 6.92 Å². The van der Waals surface area contributed by atoms with Crippen molar-refractivity contribution in [3.63, 3.8) is 0 Å². The Hall–Kier alpha value is -1.53. The van der Waals surface area contributed by atoms with Crippen LogP contribution in [-0.4, -0.2) is 35.1 Å². The van der Waals surface area contributed by atoms with Crippen molar-refractivity contribution in [2.24, 2.45) is 5.92 Å². The zero-order chi connectivity index (χ0) is 14.8. The summed E-state index contributed by atoms with van der Waals surface area (Å²) in [6, 6.07) is 3.74. The molecule has 0 bridgehead atoms. The second-order valence-corrected chi connectivity index (χ2v) is 6.16. The number of carbonyl (C=O) groups is 1. The number of amides is 1. The SMILES string of the molecule is CC1COCCC1NC(=O)c1ccc2cncc(Br)c2n1. The van der Waals surface area contributed by atoms with Gasteiger partial charge in [0.15, 0.2) is 0 Å². The molecule has 21 heavy (non-hydrogen) atoms. The number of halogens is 1. The second-order valence-electron chi connectivity index (χ2n) is 5.31. The summed E-state index contributed by atoms with van der Waals surface area (Å²) in [6.45, 7) is 3.46. The van der Waals surface area contributed by atoms with Crippen LogP contribution in [0.4, 0.5) is 0 Å². The number of fused-ring (bicyclic) bond motifs is 1. The molecule has 1 N–H and O–H groups in total. The van der Waals surface area contributed by atoms with Crippen LogP contribution in [0.1, 0.15) is 23.8 Å². The lowest BCUT2D eigenvalue weighted by Gasteiger charge is -2.29. The van der Waals surface area contributed by atoms with Crippen molar-refractivity contribution >= 4 is 32.7 Å². The van der Waals surface area contributed by atoms with Gasteiger partial charge in [-0.05, 0) is 40.4 Å². The Balaban J connectivity index is 1.82. The zero-order valence-corrected chi connectivity index (χ0v) is 13.3. The van der Waals surface area contributed by atoms with Gasteiger partial charge in [0.2, 0.25) is 0 Å². The molecule has 0 aliphatic carbocycles. The van der Waals surface area contributed by atoms with Crippen LogP contribution in [0.15, 0.2) is 29.0 Å². The minimum atomic E-state index is -0.139. The van der Waals surface area contributed by atoms with Gasteiger partial charge in [0.1, 0.15) is 5.69 Å². The van der Waals surface area contributed by atoms with Crippen LogP contribution >= 0.6 is 15.9 Å². The van der Waals surface area contributed by atoms with E-state index < -0.39 is 0 Å². The van der Waals surface area contributed by atoms with Gasteiger partial charge < -0.3 is 10.1 Å². The van der Waals surface area contributed by atoms with Crippen molar-refractivity contribution in [2.45, 2.75) is 19.4 Å². The van der Waals surface area contributed by atoms with Crippen molar-refractivity contribution in [2.75, 3.05) is 13.2 Å². The number of hydrogen-bond acceptors (Lipinski definition) is 4. The Morgan fingerprint density at radius 2 is 2.29 bits per heavy atom. The molecule has 1 amide bonds. The summed E-state index contributed by atoms with van der Waals surface area (Å²) in [5.74, 6) is 0.179.